The Morgan fingerprint density at radius 1 is 1.38 bits per heavy atom. The first-order chi connectivity index (χ1) is 10.2. The number of hydrogen-bond acceptors (Lipinski definition) is 3. The molecule has 21 heavy (non-hydrogen) atoms. The van der Waals surface area contributed by atoms with Gasteiger partial charge in [-0.15, -0.1) is 0 Å². The number of carbonyl (C=O) groups excluding carboxylic acids is 1. The smallest absolute Gasteiger partial charge is 0.238 e. The number of benzene rings is 1. The lowest BCUT2D eigenvalue weighted by Crippen LogP contribution is -2.46. The first kappa shape index (κ1) is 16.0. The summed E-state index contributed by atoms with van der Waals surface area (Å²) in [5, 5.41) is 6.36. The summed E-state index contributed by atoms with van der Waals surface area (Å²) >= 11 is 0. The Hall–Kier alpha value is -1.39. The number of hydrogen-bond donors (Lipinski definition) is 2. The van der Waals surface area contributed by atoms with Crippen LogP contribution in [0.15, 0.2) is 24.3 Å². The maximum atomic E-state index is 12.1. The molecule has 116 valence electrons. The van der Waals surface area contributed by atoms with Crippen LogP contribution in [0.3, 0.4) is 0 Å². The first-order valence-electron chi connectivity index (χ1n) is 7.98. The molecule has 2 rings (SSSR count). The van der Waals surface area contributed by atoms with Gasteiger partial charge in [-0.1, -0.05) is 25.5 Å². The fraction of sp³-hybridized carbons (Fsp3) is 0.588. The van der Waals surface area contributed by atoms with E-state index in [4.69, 9.17) is 0 Å². The molecule has 1 amide bonds. The molecule has 0 bridgehead atoms. The third-order valence-corrected chi connectivity index (χ3v) is 4.06. The first-order valence-corrected chi connectivity index (χ1v) is 7.98. The maximum absolute atomic E-state index is 12.1. The number of amides is 1. The molecule has 1 aromatic rings. The van der Waals surface area contributed by atoms with Crippen molar-refractivity contribution in [3.8, 4) is 0 Å². The minimum Gasteiger partial charge on any atom is -0.325 e. The van der Waals surface area contributed by atoms with Gasteiger partial charge in [-0.3, -0.25) is 9.69 Å². The van der Waals surface area contributed by atoms with Gasteiger partial charge in [0.1, 0.15) is 0 Å². The fourth-order valence-corrected chi connectivity index (χ4v) is 2.81. The molecule has 0 aromatic heterocycles. The standard InChI is InChI=1S/C17H27N3O/c1-3-5-14-7-9-15(10-8-14)19-17(21)13-20(2)16-6-4-11-18-12-16/h7-10,16,18H,3-6,11-13H2,1-2H3,(H,19,21). The minimum atomic E-state index is 0.0614. The molecule has 1 unspecified atom stereocenters. The van der Waals surface area contributed by atoms with Gasteiger partial charge < -0.3 is 10.6 Å². The Morgan fingerprint density at radius 3 is 2.76 bits per heavy atom. The average Bonchev–Trinajstić information content (AvgIpc) is 2.50. The zero-order chi connectivity index (χ0) is 15.1. The van der Waals surface area contributed by atoms with Crippen LogP contribution >= 0.6 is 0 Å². The van der Waals surface area contributed by atoms with Crippen molar-refractivity contribution in [1.82, 2.24) is 10.2 Å². The van der Waals surface area contributed by atoms with Crippen molar-refractivity contribution in [1.29, 1.82) is 0 Å². The molecule has 1 saturated heterocycles. The number of rotatable bonds is 6. The molecule has 1 heterocycles. The molecular weight excluding hydrogens is 262 g/mol. The quantitative estimate of drug-likeness (QED) is 0.844. The highest BCUT2D eigenvalue weighted by Gasteiger charge is 2.19. The number of anilines is 1. The van der Waals surface area contributed by atoms with Crippen molar-refractivity contribution in [3.05, 3.63) is 29.8 Å². The fourth-order valence-electron chi connectivity index (χ4n) is 2.81. The number of piperidine rings is 1. The average molecular weight is 289 g/mol. The van der Waals surface area contributed by atoms with Crippen molar-refractivity contribution < 1.29 is 4.79 Å². The van der Waals surface area contributed by atoms with Gasteiger partial charge in [0.05, 0.1) is 6.54 Å². The van der Waals surface area contributed by atoms with Gasteiger partial charge in [0.2, 0.25) is 5.91 Å². The summed E-state index contributed by atoms with van der Waals surface area (Å²) in [6.45, 7) is 4.70. The van der Waals surface area contributed by atoms with E-state index in [0.717, 1.165) is 31.6 Å². The van der Waals surface area contributed by atoms with E-state index in [2.05, 4.69) is 34.6 Å². The summed E-state index contributed by atoms with van der Waals surface area (Å²) in [5.41, 5.74) is 2.20. The van der Waals surface area contributed by atoms with Crippen LogP contribution in [0.4, 0.5) is 5.69 Å². The van der Waals surface area contributed by atoms with E-state index in [0.29, 0.717) is 12.6 Å². The van der Waals surface area contributed by atoms with Crippen molar-refractivity contribution >= 4 is 11.6 Å². The number of likely N-dealkylation sites (N-methyl/N-ethyl adjacent to an activating group) is 1. The molecule has 1 aliphatic heterocycles. The summed E-state index contributed by atoms with van der Waals surface area (Å²) < 4.78 is 0. The minimum absolute atomic E-state index is 0.0614. The largest absolute Gasteiger partial charge is 0.325 e. The van der Waals surface area contributed by atoms with Gasteiger partial charge in [-0.25, -0.2) is 0 Å². The topological polar surface area (TPSA) is 44.4 Å². The number of carbonyl (C=O) groups is 1. The predicted molar refractivity (Wildman–Crippen MR) is 87.6 cm³/mol. The Bertz CT molecular complexity index is 438. The molecule has 0 spiro atoms. The third kappa shape index (κ3) is 5.14. The summed E-state index contributed by atoms with van der Waals surface area (Å²) in [5.74, 6) is 0.0614. The Labute approximate surface area is 127 Å². The Morgan fingerprint density at radius 2 is 2.14 bits per heavy atom. The molecule has 0 aliphatic carbocycles. The van der Waals surface area contributed by atoms with E-state index < -0.39 is 0 Å². The lowest BCUT2D eigenvalue weighted by molar-refractivity contribution is -0.117. The summed E-state index contributed by atoms with van der Waals surface area (Å²) in [7, 11) is 2.03. The van der Waals surface area contributed by atoms with Crippen LogP contribution in [0.2, 0.25) is 0 Å². The highest BCUT2D eigenvalue weighted by atomic mass is 16.2. The van der Waals surface area contributed by atoms with E-state index in [1.54, 1.807) is 0 Å². The predicted octanol–water partition coefficient (Wildman–Crippen LogP) is 2.26. The Kier molecular flexibility index (Phi) is 6.21. The van der Waals surface area contributed by atoms with E-state index in [-0.39, 0.29) is 5.91 Å². The normalized spacial score (nSPS) is 18.7. The lowest BCUT2D eigenvalue weighted by Gasteiger charge is -2.31. The van der Waals surface area contributed by atoms with Crippen LogP contribution in [-0.4, -0.2) is 43.5 Å². The number of aryl methyl sites for hydroxylation is 1. The van der Waals surface area contributed by atoms with E-state index in [9.17, 15) is 4.79 Å². The van der Waals surface area contributed by atoms with Crippen LogP contribution in [0.25, 0.3) is 0 Å². The second-order valence-electron chi connectivity index (χ2n) is 5.91. The van der Waals surface area contributed by atoms with Gasteiger partial charge >= 0.3 is 0 Å². The van der Waals surface area contributed by atoms with Crippen molar-refractivity contribution in [2.24, 2.45) is 0 Å². The van der Waals surface area contributed by atoms with Gasteiger partial charge in [0, 0.05) is 18.3 Å². The molecule has 1 atom stereocenters. The van der Waals surface area contributed by atoms with Crippen LogP contribution in [0, 0.1) is 0 Å². The Balaban J connectivity index is 1.80. The second-order valence-corrected chi connectivity index (χ2v) is 5.91. The molecular formula is C17H27N3O. The highest BCUT2D eigenvalue weighted by molar-refractivity contribution is 5.92. The monoisotopic (exact) mass is 289 g/mol. The van der Waals surface area contributed by atoms with E-state index >= 15 is 0 Å². The molecule has 4 heteroatoms. The zero-order valence-electron chi connectivity index (χ0n) is 13.2. The SMILES string of the molecule is CCCc1ccc(NC(=O)CN(C)C2CCCNC2)cc1. The molecule has 0 saturated carbocycles. The summed E-state index contributed by atoms with van der Waals surface area (Å²) in [4.78, 5) is 14.2. The van der Waals surface area contributed by atoms with Gasteiger partial charge in [0.15, 0.2) is 0 Å². The molecule has 1 aromatic carbocycles. The van der Waals surface area contributed by atoms with Crippen LogP contribution in [-0.2, 0) is 11.2 Å². The molecule has 4 nitrogen and oxygen atoms in total. The van der Waals surface area contributed by atoms with Crippen LogP contribution < -0.4 is 10.6 Å². The highest BCUT2D eigenvalue weighted by Crippen LogP contribution is 2.12. The zero-order valence-corrected chi connectivity index (χ0v) is 13.2. The van der Waals surface area contributed by atoms with Gasteiger partial charge in [-0.2, -0.15) is 0 Å². The van der Waals surface area contributed by atoms with Crippen molar-refractivity contribution in [2.75, 3.05) is 32.0 Å². The van der Waals surface area contributed by atoms with E-state index in [1.807, 2.05) is 19.2 Å². The summed E-state index contributed by atoms with van der Waals surface area (Å²) in [6, 6.07) is 8.63. The van der Waals surface area contributed by atoms with Crippen LogP contribution in [0.1, 0.15) is 31.7 Å². The lowest BCUT2D eigenvalue weighted by atomic mass is 10.1. The number of nitrogens with zero attached hydrogens (tertiary/aromatic N) is 1. The summed E-state index contributed by atoms with van der Waals surface area (Å²) in [6.07, 6.45) is 4.59. The maximum Gasteiger partial charge on any atom is 0.238 e. The molecule has 2 N–H and O–H groups in total. The second kappa shape index (κ2) is 8.15. The van der Waals surface area contributed by atoms with Crippen molar-refractivity contribution in [2.45, 2.75) is 38.6 Å². The number of nitrogens with one attached hydrogen (secondary N) is 2. The van der Waals surface area contributed by atoms with Gasteiger partial charge in [-0.05, 0) is 50.6 Å². The molecule has 1 aliphatic rings. The van der Waals surface area contributed by atoms with Crippen molar-refractivity contribution in [3.63, 3.8) is 0 Å². The molecule has 1 fully saturated rings. The molecule has 0 radical (unpaired) electrons. The van der Waals surface area contributed by atoms with E-state index in [1.165, 1.54) is 18.4 Å². The van der Waals surface area contributed by atoms with Gasteiger partial charge in [0.25, 0.3) is 0 Å². The van der Waals surface area contributed by atoms with Crippen LogP contribution in [0.5, 0.6) is 0 Å². The third-order valence-electron chi connectivity index (χ3n) is 4.06.